The molecule has 3 nitrogen and oxygen atoms in total. The molecule has 6 heteroatoms. The highest BCUT2D eigenvalue weighted by Gasteiger charge is 2.07. The molecule has 0 amide bonds. The highest BCUT2D eigenvalue weighted by Crippen LogP contribution is 2.22. The standard InChI is InChI=1S/C12H9BrFNO2S/c13-8-1-2-10(14)11(4-8)15-5-9-3-7(6-18-9)12(16)17/h1-4,6,15H,5H2,(H,16,17). The average Bonchev–Trinajstić information content (AvgIpc) is 2.79. The summed E-state index contributed by atoms with van der Waals surface area (Å²) >= 11 is 4.59. The van der Waals surface area contributed by atoms with E-state index in [0.717, 1.165) is 9.35 Å². The van der Waals surface area contributed by atoms with Gasteiger partial charge in [0.15, 0.2) is 0 Å². The molecule has 1 aromatic carbocycles. The Kier molecular flexibility index (Phi) is 3.98. The molecule has 0 fully saturated rings. The zero-order valence-electron chi connectivity index (χ0n) is 9.11. The van der Waals surface area contributed by atoms with Crippen LogP contribution in [0.5, 0.6) is 0 Å². The van der Waals surface area contributed by atoms with Crippen molar-refractivity contribution in [3.63, 3.8) is 0 Å². The van der Waals surface area contributed by atoms with Gasteiger partial charge in [-0.2, -0.15) is 0 Å². The summed E-state index contributed by atoms with van der Waals surface area (Å²) in [4.78, 5) is 11.5. The topological polar surface area (TPSA) is 49.3 Å². The highest BCUT2D eigenvalue weighted by molar-refractivity contribution is 9.10. The molecule has 0 spiro atoms. The predicted octanol–water partition coefficient (Wildman–Crippen LogP) is 3.96. The summed E-state index contributed by atoms with van der Waals surface area (Å²) in [5, 5.41) is 13.3. The van der Waals surface area contributed by atoms with Crippen LogP contribution in [0.2, 0.25) is 0 Å². The first kappa shape index (κ1) is 13.0. The molecule has 2 N–H and O–H groups in total. The minimum Gasteiger partial charge on any atom is -0.478 e. The van der Waals surface area contributed by atoms with E-state index in [1.807, 2.05) is 0 Å². The number of halogens is 2. The average molecular weight is 330 g/mol. The zero-order chi connectivity index (χ0) is 13.1. The van der Waals surface area contributed by atoms with Crippen molar-refractivity contribution in [1.82, 2.24) is 0 Å². The summed E-state index contributed by atoms with van der Waals surface area (Å²) < 4.78 is 14.2. The maximum Gasteiger partial charge on any atom is 0.336 e. The Morgan fingerprint density at radius 1 is 1.44 bits per heavy atom. The normalized spacial score (nSPS) is 10.3. The van der Waals surface area contributed by atoms with Crippen LogP contribution in [0.15, 0.2) is 34.1 Å². The lowest BCUT2D eigenvalue weighted by Crippen LogP contribution is -2.00. The Labute approximate surface area is 115 Å². The van der Waals surface area contributed by atoms with Gasteiger partial charge in [-0.25, -0.2) is 9.18 Å². The van der Waals surface area contributed by atoms with Crippen molar-refractivity contribution in [1.29, 1.82) is 0 Å². The van der Waals surface area contributed by atoms with E-state index in [9.17, 15) is 9.18 Å². The van der Waals surface area contributed by atoms with Crippen molar-refractivity contribution in [3.05, 3.63) is 50.4 Å². The Morgan fingerprint density at radius 2 is 2.22 bits per heavy atom. The van der Waals surface area contributed by atoms with E-state index in [0.29, 0.717) is 12.2 Å². The SMILES string of the molecule is O=C(O)c1csc(CNc2cc(Br)ccc2F)c1. The number of anilines is 1. The van der Waals surface area contributed by atoms with Gasteiger partial charge < -0.3 is 10.4 Å². The number of rotatable bonds is 4. The molecule has 0 atom stereocenters. The van der Waals surface area contributed by atoms with Crippen molar-refractivity contribution in [2.75, 3.05) is 5.32 Å². The molecule has 0 aliphatic carbocycles. The van der Waals surface area contributed by atoms with Crippen molar-refractivity contribution in [2.45, 2.75) is 6.54 Å². The van der Waals surface area contributed by atoms with E-state index in [1.165, 1.54) is 17.4 Å². The van der Waals surface area contributed by atoms with Crippen LogP contribution in [0, 0.1) is 5.82 Å². The van der Waals surface area contributed by atoms with Crippen LogP contribution in [0.25, 0.3) is 0 Å². The number of thiophene rings is 1. The fraction of sp³-hybridized carbons (Fsp3) is 0.0833. The summed E-state index contributed by atoms with van der Waals surface area (Å²) in [7, 11) is 0. The Bertz CT molecular complexity index is 585. The van der Waals surface area contributed by atoms with Gasteiger partial charge in [-0.3, -0.25) is 0 Å². The van der Waals surface area contributed by atoms with Crippen molar-refractivity contribution in [2.24, 2.45) is 0 Å². The second-order valence-electron chi connectivity index (χ2n) is 3.58. The van der Waals surface area contributed by atoms with Gasteiger partial charge in [-0.1, -0.05) is 15.9 Å². The molecule has 0 bridgehead atoms. The lowest BCUT2D eigenvalue weighted by molar-refractivity contribution is 0.0697. The van der Waals surface area contributed by atoms with E-state index in [1.54, 1.807) is 23.6 Å². The fourth-order valence-corrected chi connectivity index (χ4v) is 2.56. The Morgan fingerprint density at radius 3 is 2.89 bits per heavy atom. The number of benzene rings is 1. The number of nitrogens with one attached hydrogen (secondary N) is 1. The Hall–Kier alpha value is -1.40. The van der Waals surface area contributed by atoms with Crippen LogP contribution >= 0.6 is 27.3 Å². The van der Waals surface area contributed by atoms with Gasteiger partial charge in [0.25, 0.3) is 0 Å². The lowest BCUT2D eigenvalue weighted by atomic mass is 10.3. The van der Waals surface area contributed by atoms with Crippen LogP contribution in [0.3, 0.4) is 0 Å². The summed E-state index contributed by atoms with van der Waals surface area (Å²) in [5.41, 5.74) is 0.640. The molecule has 94 valence electrons. The Balaban J connectivity index is 2.06. The summed E-state index contributed by atoms with van der Waals surface area (Å²) in [6.45, 7) is 0.394. The van der Waals surface area contributed by atoms with Gasteiger partial charge >= 0.3 is 5.97 Å². The molecular formula is C12H9BrFNO2S. The fourth-order valence-electron chi connectivity index (χ4n) is 1.40. The molecule has 2 rings (SSSR count). The van der Waals surface area contributed by atoms with Gasteiger partial charge in [0.05, 0.1) is 11.3 Å². The third kappa shape index (κ3) is 3.08. The molecule has 0 aliphatic heterocycles. The second kappa shape index (κ2) is 5.49. The molecule has 1 heterocycles. The van der Waals surface area contributed by atoms with Gasteiger partial charge in [0, 0.05) is 21.3 Å². The van der Waals surface area contributed by atoms with Gasteiger partial charge in [0.1, 0.15) is 5.82 Å². The number of hydrogen-bond donors (Lipinski definition) is 2. The summed E-state index contributed by atoms with van der Waals surface area (Å²) in [6.07, 6.45) is 0. The quantitative estimate of drug-likeness (QED) is 0.892. The number of aromatic carboxylic acids is 1. The largest absolute Gasteiger partial charge is 0.478 e. The molecule has 0 radical (unpaired) electrons. The predicted molar refractivity (Wildman–Crippen MR) is 72.7 cm³/mol. The smallest absolute Gasteiger partial charge is 0.336 e. The van der Waals surface area contributed by atoms with Crippen LogP contribution < -0.4 is 5.32 Å². The maximum atomic E-state index is 13.4. The zero-order valence-corrected chi connectivity index (χ0v) is 11.5. The molecule has 18 heavy (non-hydrogen) atoms. The molecule has 2 aromatic rings. The van der Waals surface area contributed by atoms with E-state index in [4.69, 9.17) is 5.11 Å². The number of carboxylic acid groups (broad SMARTS) is 1. The summed E-state index contributed by atoms with van der Waals surface area (Å²) in [6, 6.07) is 6.20. The third-order valence-electron chi connectivity index (χ3n) is 2.28. The van der Waals surface area contributed by atoms with Crippen molar-refractivity contribution < 1.29 is 14.3 Å². The second-order valence-corrected chi connectivity index (χ2v) is 5.50. The monoisotopic (exact) mass is 329 g/mol. The highest BCUT2D eigenvalue weighted by atomic mass is 79.9. The van der Waals surface area contributed by atoms with E-state index < -0.39 is 5.97 Å². The van der Waals surface area contributed by atoms with E-state index in [-0.39, 0.29) is 11.4 Å². The number of hydrogen-bond acceptors (Lipinski definition) is 3. The maximum absolute atomic E-state index is 13.4. The van der Waals surface area contributed by atoms with Crippen molar-refractivity contribution in [3.8, 4) is 0 Å². The molecule has 1 aromatic heterocycles. The van der Waals surface area contributed by atoms with Gasteiger partial charge in [0.2, 0.25) is 0 Å². The lowest BCUT2D eigenvalue weighted by Gasteiger charge is -2.06. The van der Waals surface area contributed by atoms with Crippen molar-refractivity contribution >= 4 is 38.9 Å². The minimum atomic E-state index is -0.953. The minimum absolute atomic E-state index is 0.256. The van der Waals surface area contributed by atoms with Crippen LogP contribution in [0.4, 0.5) is 10.1 Å². The molecule has 0 unspecified atom stereocenters. The molecule has 0 saturated heterocycles. The number of carbonyl (C=O) groups is 1. The van der Waals surface area contributed by atoms with Crippen LogP contribution in [0.1, 0.15) is 15.2 Å². The number of carboxylic acids is 1. The van der Waals surface area contributed by atoms with E-state index >= 15 is 0 Å². The summed E-state index contributed by atoms with van der Waals surface area (Å²) in [5.74, 6) is -1.29. The molecular weight excluding hydrogens is 321 g/mol. The third-order valence-corrected chi connectivity index (χ3v) is 3.71. The van der Waals surface area contributed by atoms with Crippen LogP contribution in [-0.4, -0.2) is 11.1 Å². The molecule has 0 saturated carbocycles. The first-order valence-electron chi connectivity index (χ1n) is 5.06. The van der Waals surface area contributed by atoms with Crippen LogP contribution in [-0.2, 0) is 6.54 Å². The first-order valence-corrected chi connectivity index (χ1v) is 6.73. The molecule has 0 aliphatic rings. The van der Waals surface area contributed by atoms with Gasteiger partial charge in [-0.05, 0) is 24.3 Å². The van der Waals surface area contributed by atoms with Gasteiger partial charge in [-0.15, -0.1) is 11.3 Å². The van der Waals surface area contributed by atoms with E-state index in [2.05, 4.69) is 21.2 Å². The first-order chi connectivity index (χ1) is 8.56.